The van der Waals surface area contributed by atoms with E-state index in [0.29, 0.717) is 0 Å². The zero-order chi connectivity index (χ0) is 10.7. The summed E-state index contributed by atoms with van der Waals surface area (Å²) in [6.45, 7) is 7.28. The zero-order valence-electron chi connectivity index (χ0n) is 9.82. The molecule has 1 fully saturated rings. The van der Waals surface area contributed by atoms with Crippen molar-refractivity contribution in [3.05, 3.63) is 30.3 Å². The molecule has 2 atom stereocenters. The van der Waals surface area contributed by atoms with Crippen LogP contribution in [0.3, 0.4) is 0 Å². The Morgan fingerprint density at radius 2 is 1.87 bits per heavy atom. The van der Waals surface area contributed by atoms with Crippen LogP contribution in [0.15, 0.2) is 30.3 Å². The van der Waals surface area contributed by atoms with Crippen LogP contribution in [0.1, 0.15) is 20.3 Å². The normalized spacial score (nSPS) is 27.6. The predicted octanol–water partition coefficient (Wildman–Crippen LogP) is 1.64. The lowest BCUT2D eigenvalue weighted by Gasteiger charge is -2.35. The molecule has 0 aromatic heterocycles. The van der Waals surface area contributed by atoms with Crippen LogP contribution in [0.5, 0.6) is 0 Å². The minimum absolute atomic E-state index is 0.850. The van der Waals surface area contributed by atoms with E-state index < -0.39 is 0 Å². The van der Waals surface area contributed by atoms with E-state index in [0.717, 1.165) is 19.3 Å². The van der Waals surface area contributed by atoms with Gasteiger partial charge in [-0.2, -0.15) is 0 Å². The van der Waals surface area contributed by atoms with E-state index in [1.807, 2.05) is 0 Å². The second kappa shape index (κ2) is 4.85. The van der Waals surface area contributed by atoms with Crippen molar-refractivity contribution in [1.29, 1.82) is 0 Å². The Hall–Kier alpha value is -0.755. The number of piperidine rings is 1. The molecular weight excluding hydrogens is 181 g/mol. The highest BCUT2D eigenvalue weighted by molar-refractivity contribution is 6.50. The third kappa shape index (κ3) is 2.85. The van der Waals surface area contributed by atoms with Crippen LogP contribution in [-0.2, 0) is 0 Å². The summed E-state index contributed by atoms with van der Waals surface area (Å²) < 4.78 is 0. The minimum atomic E-state index is 0.850. The molecule has 0 aliphatic carbocycles. The molecule has 2 heteroatoms. The van der Waals surface area contributed by atoms with E-state index in [4.69, 9.17) is 0 Å². The van der Waals surface area contributed by atoms with Crippen LogP contribution in [-0.4, -0.2) is 25.3 Å². The molecule has 80 valence electrons. The van der Waals surface area contributed by atoms with Crippen LogP contribution in [0, 0.1) is 11.8 Å². The maximum atomic E-state index is 2.58. The lowest BCUT2D eigenvalue weighted by atomic mass is 9.76. The van der Waals surface area contributed by atoms with E-state index in [1.165, 1.54) is 25.0 Å². The number of hydrogen-bond donors (Lipinski definition) is 0. The second-order valence-corrected chi connectivity index (χ2v) is 4.96. The molecule has 1 saturated heterocycles. The van der Waals surface area contributed by atoms with Crippen molar-refractivity contribution in [2.24, 2.45) is 11.8 Å². The molecule has 0 radical (unpaired) electrons. The van der Waals surface area contributed by atoms with Gasteiger partial charge >= 0.3 is 0 Å². The summed E-state index contributed by atoms with van der Waals surface area (Å²) in [5.74, 6) is 1.75. The van der Waals surface area contributed by atoms with E-state index >= 15 is 0 Å². The lowest BCUT2D eigenvalue weighted by Crippen LogP contribution is -2.44. The molecule has 0 amide bonds. The van der Waals surface area contributed by atoms with E-state index in [1.54, 1.807) is 0 Å². The van der Waals surface area contributed by atoms with Gasteiger partial charge in [0.25, 0.3) is 0 Å². The summed E-state index contributed by atoms with van der Waals surface area (Å²) in [6, 6.07) is 10.8. The van der Waals surface area contributed by atoms with E-state index in [-0.39, 0.29) is 0 Å². The van der Waals surface area contributed by atoms with Gasteiger partial charge in [-0.05, 0) is 31.3 Å². The van der Waals surface area contributed by atoms with Crippen molar-refractivity contribution in [3.8, 4) is 0 Å². The molecule has 0 saturated carbocycles. The highest BCUT2D eigenvalue weighted by atomic mass is 15.0. The van der Waals surface area contributed by atoms with Gasteiger partial charge in [0.2, 0.25) is 7.41 Å². The summed E-state index contributed by atoms with van der Waals surface area (Å²) in [7, 11) is 1.12. The summed E-state index contributed by atoms with van der Waals surface area (Å²) in [5, 5.41) is 0. The maximum absolute atomic E-state index is 2.58. The van der Waals surface area contributed by atoms with Gasteiger partial charge in [0.05, 0.1) is 0 Å². The van der Waals surface area contributed by atoms with Crippen LogP contribution < -0.4 is 5.46 Å². The van der Waals surface area contributed by atoms with E-state index in [2.05, 4.69) is 49.0 Å². The van der Waals surface area contributed by atoms with Crippen molar-refractivity contribution in [3.63, 3.8) is 0 Å². The Labute approximate surface area is 93.7 Å². The third-order valence-electron chi connectivity index (χ3n) is 3.67. The standard InChI is InChI=1S/C13H20BN/c1-11-8-9-15(10-12(11)2)14-13-6-4-3-5-7-13/h3-7,11-12,14H,8-10H2,1-2H3/t11-,12?/m1/s1. The fraction of sp³-hybridized carbons (Fsp3) is 0.538. The lowest BCUT2D eigenvalue weighted by molar-refractivity contribution is 0.215. The fourth-order valence-electron chi connectivity index (χ4n) is 2.33. The van der Waals surface area contributed by atoms with Crippen molar-refractivity contribution >= 4 is 12.9 Å². The topological polar surface area (TPSA) is 3.24 Å². The first-order valence-electron chi connectivity index (χ1n) is 6.02. The first-order chi connectivity index (χ1) is 7.25. The van der Waals surface area contributed by atoms with Crippen LogP contribution >= 0.6 is 0 Å². The molecular formula is C13H20BN. The van der Waals surface area contributed by atoms with Crippen molar-refractivity contribution < 1.29 is 0 Å². The van der Waals surface area contributed by atoms with Crippen LogP contribution in [0.2, 0.25) is 0 Å². The van der Waals surface area contributed by atoms with Gasteiger partial charge in [0.15, 0.2) is 0 Å². The first-order valence-corrected chi connectivity index (χ1v) is 6.02. The van der Waals surface area contributed by atoms with Gasteiger partial charge < -0.3 is 4.81 Å². The number of hydrogen-bond acceptors (Lipinski definition) is 1. The highest BCUT2D eigenvalue weighted by Crippen LogP contribution is 2.21. The number of benzene rings is 1. The predicted molar refractivity (Wildman–Crippen MR) is 67.7 cm³/mol. The van der Waals surface area contributed by atoms with Gasteiger partial charge in [0, 0.05) is 0 Å². The molecule has 1 aliphatic rings. The van der Waals surface area contributed by atoms with Crippen LogP contribution in [0.4, 0.5) is 0 Å². The Kier molecular flexibility index (Phi) is 3.47. The molecule has 0 N–H and O–H groups in total. The summed E-state index contributed by atoms with van der Waals surface area (Å²) in [6.07, 6.45) is 1.36. The number of rotatable bonds is 2. The number of nitrogens with zero attached hydrogens (tertiary/aromatic N) is 1. The SMILES string of the molecule is CC1CN(Bc2ccccc2)CC[C@H]1C. The van der Waals surface area contributed by atoms with Crippen molar-refractivity contribution in [2.75, 3.05) is 13.1 Å². The largest absolute Gasteiger partial charge is 0.341 e. The van der Waals surface area contributed by atoms with Gasteiger partial charge in [-0.3, -0.25) is 0 Å². The fourth-order valence-corrected chi connectivity index (χ4v) is 2.33. The quantitative estimate of drug-likeness (QED) is 0.657. The second-order valence-electron chi connectivity index (χ2n) is 4.96. The Morgan fingerprint density at radius 1 is 1.13 bits per heavy atom. The molecule has 1 aromatic carbocycles. The van der Waals surface area contributed by atoms with Crippen LogP contribution in [0.25, 0.3) is 0 Å². The summed E-state index contributed by atoms with van der Waals surface area (Å²) >= 11 is 0. The first kappa shape index (κ1) is 10.8. The third-order valence-corrected chi connectivity index (χ3v) is 3.67. The Bertz CT molecular complexity index is 299. The molecule has 0 spiro atoms. The molecule has 1 nitrogen and oxygen atoms in total. The average molecular weight is 201 g/mol. The smallest absolute Gasteiger partial charge is 0.238 e. The zero-order valence-corrected chi connectivity index (χ0v) is 9.82. The van der Waals surface area contributed by atoms with Crippen molar-refractivity contribution in [2.45, 2.75) is 20.3 Å². The summed E-state index contributed by atoms with van der Waals surface area (Å²) in [5.41, 5.74) is 1.44. The Morgan fingerprint density at radius 3 is 2.53 bits per heavy atom. The van der Waals surface area contributed by atoms with Gasteiger partial charge in [0.1, 0.15) is 0 Å². The molecule has 1 unspecified atom stereocenters. The summed E-state index contributed by atoms with van der Waals surface area (Å²) in [4.78, 5) is 2.58. The molecule has 15 heavy (non-hydrogen) atoms. The Balaban J connectivity index is 1.91. The molecule has 1 aliphatic heterocycles. The molecule has 2 rings (SSSR count). The maximum Gasteiger partial charge on any atom is 0.238 e. The van der Waals surface area contributed by atoms with Gasteiger partial charge in [-0.25, -0.2) is 0 Å². The molecule has 1 aromatic rings. The minimum Gasteiger partial charge on any atom is -0.341 e. The van der Waals surface area contributed by atoms with Gasteiger partial charge in [-0.15, -0.1) is 0 Å². The highest BCUT2D eigenvalue weighted by Gasteiger charge is 2.22. The van der Waals surface area contributed by atoms with E-state index in [9.17, 15) is 0 Å². The molecule has 0 bridgehead atoms. The van der Waals surface area contributed by atoms with Gasteiger partial charge in [-0.1, -0.05) is 49.6 Å². The average Bonchev–Trinajstić information content (AvgIpc) is 2.25. The monoisotopic (exact) mass is 201 g/mol. The molecule has 1 heterocycles. The van der Waals surface area contributed by atoms with Crippen molar-refractivity contribution in [1.82, 2.24) is 4.81 Å².